The maximum Gasteiger partial charge on any atom is 0.242 e. The van der Waals surface area contributed by atoms with E-state index < -0.39 is 10.0 Å². The van der Waals surface area contributed by atoms with Crippen molar-refractivity contribution in [2.24, 2.45) is 5.92 Å². The molecule has 0 radical (unpaired) electrons. The molecule has 19 heavy (non-hydrogen) atoms. The number of rotatable bonds is 6. The van der Waals surface area contributed by atoms with Crippen molar-refractivity contribution in [3.05, 3.63) is 28.8 Å². The summed E-state index contributed by atoms with van der Waals surface area (Å²) in [4.78, 5) is -0.0437. The van der Waals surface area contributed by atoms with Crippen LogP contribution in [-0.2, 0) is 10.0 Å². The number of nitrogens with zero attached hydrogens (tertiary/aromatic N) is 1. The number of sulfonamides is 1. The highest BCUT2D eigenvalue weighted by molar-refractivity contribution is 7.89. The Morgan fingerprint density at radius 1 is 1.42 bits per heavy atom. The van der Waals surface area contributed by atoms with Crippen LogP contribution in [0.15, 0.2) is 23.1 Å². The molecule has 0 unspecified atom stereocenters. The van der Waals surface area contributed by atoms with Gasteiger partial charge < -0.3 is 0 Å². The fourth-order valence-corrected chi connectivity index (χ4v) is 3.17. The molecule has 0 fully saturated rings. The Morgan fingerprint density at radius 2 is 2.11 bits per heavy atom. The van der Waals surface area contributed by atoms with Crippen LogP contribution in [0.4, 0.5) is 0 Å². The molecule has 0 bridgehead atoms. The van der Waals surface area contributed by atoms with E-state index >= 15 is 0 Å². The molecular weight excluding hydrogens is 284 g/mol. The normalized spacial score (nSPS) is 11.5. The Balaban J connectivity index is 2.80. The molecule has 0 aliphatic carbocycles. The molecule has 0 aliphatic rings. The van der Waals surface area contributed by atoms with Crippen LogP contribution in [0.1, 0.15) is 32.3 Å². The molecule has 1 aromatic carbocycles. The van der Waals surface area contributed by atoms with Crippen molar-refractivity contribution in [2.75, 3.05) is 6.54 Å². The fourth-order valence-electron chi connectivity index (χ4n) is 1.57. The maximum atomic E-state index is 12.1. The van der Waals surface area contributed by atoms with E-state index in [1.165, 1.54) is 18.2 Å². The number of hydrogen-bond acceptors (Lipinski definition) is 3. The molecular formula is C13H17ClN2O2S. The van der Waals surface area contributed by atoms with Crippen molar-refractivity contribution in [1.29, 1.82) is 5.26 Å². The van der Waals surface area contributed by atoms with Crippen LogP contribution in [-0.4, -0.2) is 15.0 Å². The van der Waals surface area contributed by atoms with Gasteiger partial charge in [-0.25, -0.2) is 13.1 Å². The Bertz CT molecular complexity index is 577. The molecule has 0 atom stereocenters. The first-order valence-electron chi connectivity index (χ1n) is 6.06. The fraction of sp³-hybridized carbons (Fsp3) is 0.462. The summed E-state index contributed by atoms with van der Waals surface area (Å²) in [6.45, 7) is 4.54. The molecule has 0 amide bonds. The Morgan fingerprint density at radius 3 is 2.68 bits per heavy atom. The molecule has 0 heterocycles. The monoisotopic (exact) mass is 300 g/mol. The van der Waals surface area contributed by atoms with Crippen molar-refractivity contribution in [2.45, 2.75) is 31.6 Å². The summed E-state index contributed by atoms with van der Waals surface area (Å²) in [5.74, 6) is 0.537. The van der Waals surface area contributed by atoms with Gasteiger partial charge >= 0.3 is 0 Å². The molecule has 1 aromatic rings. The smallest absolute Gasteiger partial charge is 0.211 e. The van der Waals surface area contributed by atoms with Gasteiger partial charge in [0.05, 0.1) is 16.7 Å². The van der Waals surface area contributed by atoms with Gasteiger partial charge in [-0.15, -0.1) is 0 Å². The molecule has 4 nitrogen and oxygen atoms in total. The van der Waals surface area contributed by atoms with E-state index in [2.05, 4.69) is 18.6 Å². The summed E-state index contributed by atoms with van der Waals surface area (Å²) in [6.07, 6.45) is 1.72. The van der Waals surface area contributed by atoms with Gasteiger partial charge in [0.2, 0.25) is 10.0 Å². The van der Waals surface area contributed by atoms with Gasteiger partial charge in [0, 0.05) is 6.54 Å². The predicted octanol–water partition coefficient (Wildman–Crippen LogP) is 2.93. The highest BCUT2D eigenvalue weighted by Crippen LogP contribution is 2.22. The van der Waals surface area contributed by atoms with Crippen molar-refractivity contribution < 1.29 is 8.42 Å². The van der Waals surface area contributed by atoms with Crippen LogP contribution < -0.4 is 4.72 Å². The highest BCUT2D eigenvalue weighted by Gasteiger charge is 2.17. The highest BCUT2D eigenvalue weighted by atomic mass is 35.5. The average Bonchev–Trinajstić information content (AvgIpc) is 2.35. The summed E-state index contributed by atoms with van der Waals surface area (Å²) in [5.41, 5.74) is 0.270. The molecule has 0 saturated heterocycles. The Hall–Kier alpha value is -1.09. The zero-order valence-electron chi connectivity index (χ0n) is 11.0. The molecule has 0 spiro atoms. The van der Waals surface area contributed by atoms with Gasteiger partial charge in [-0.1, -0.05) is 25.4 Å². The van der Waals surface area contributed by atoms with E-state index in [1.807, 2.05) is 6.07 Å². The minimum atomic E-state index is -3.65. The van der Waals surface area contributed by atoms with Crippen molar-refractivity contribution in [1.82, 2.24) is 4.72 Å². The van der Waals surface area contributed by atoms with E-state index in [0.717, 1.165) is 12.8 Å². The second-order valence-electron chi connectivity index (χ2n) is 4.69. The molecule has 1 rings (SSSR count). The third kappa shape index (κ3) is 4.83. The van der Waals surface area contributed by atoms with Gasteiger partial charge in [-0.3, -0.25) is 0 Å². The van der Waals surface area contributed by atoms with Crippen molar-refractivity contribution in [3.63, 3.8) is 0 Å². The van der Waals surface area contributed by atoms with E-state index in [-0.39, 0.29) is 15.5 Å². The number of hydrogen-bond donors (Lipinski definition) is 1. The zero-order chi connectivity index (χ0) is 14.5. The van der Waals surface area contributed by atoms with E-state index in [1.54, 1.807) is 0 Å². The van der Waals surface area contributed by atoms with Gasteiger partial charge in [0.25, 0.3) is 0 Å². The maximum absolute atomic E-state index is 12.1. The van der Waals surface area contributed by atoms with Gasteiger partial charge in [-0.2, -0.15) is 5.26 Å². The number of nitrogens with one attached hydrogen (secondary N) is 1. The van der Waals surface area contributed by atoms with Crippen LogP contribution in [0.3, 0.4) is 0 Å². The molecule has 0 aromatic heterocycles. The third-order valence-corrected chi connectivity index (χ3v) is 4.54. The number of nitriles is 1. The Labute approximate surface area is 119 Å². The minimum absolute atomic E-state index is 0.0437. The van der Waals surface area contributed by atoms with Crippen LogP contribution in [0.2, 0.25) is 5.02 Å². The summed E-state index contributed by atoms with van der Waals surface area (Å²) in [5, 5.41) is 8.91. The predicted molar refractivity (Wildman–Crippen MR) is 75.4 cm³/mol. The lowest BCUT2D eigenvalue weighted by atomic mass is 10.1. The first-order chi connectivity index (χ1) is 8.86. The standard InChI is InChI=1S/C13H17ClN2O2S/c1-10(2)4-3-7-16-19(17,18)13-8-11(9-15)5-6-12(13)14/h5-6,8,10,16H,3-4,7H2,1-2H3. The van der Waals surface area contributed by atoms with E-state index in [0.29, 0.717) is 12.5 Å². The second-order valence-corrected chi connectivity index (χ2v) is 6.83. The lowest BCUT2D eigenvalue weighted by Crippen LogP contribution is -2.25. The molecule has 0 aliphatic heterocycles. The third-order valence-electron chi connectivity index (χ3n) is 2.60. The van der Waals surface area contributed by atoms with Crippen molar-refractivity contribution >= 4 is 21.6 Å². The summed E-state index contributed by atoms with van der Waals surface area (Å²) < 4.78 is 26.6. The Kier molecular flexibility index (Phi) is 5.80. The van der Waals surface area contributed by atoms with E-state index in [9.17, 15) is 8.42 Å². The van der Waals surface area contributed by atoms with Gasteiger partial charge in [-0.05, 0) is 37.0 Å². The van der Waals surface area contributed by atoms with Crippen LogP contribution in [0, 0.1) is 17.2 Å². The van der Waals surface area contributed by atoms with Crippen LogP contribution >= 0.6 is 11.6 Å². The van der Waals surface area contributed by atoms with Crippen molar-refractivity contribution in [3.8, 4) is 6.07 Å². The SMILES string of the molecule is CC(C)CCCNS(=O)(=O)c1cc(C#N)ccc1Cl. The number of halogens is 1. The quantitative estimate of drug-likeness (QED) is 0.821. The zero-order valence-corrected chi connectivity index (χ0v) is 12.6. The van der Waals surface area contributed by atoms with E-state index in [4.69, 9.17) is 16.9 Å². The molecule has 0 saturated carbocycles. The van der Waals surface area contributed by atoms with Gasteiger partial charge in [0.15, 0.2) is 0 Å². The molecule has 6 heteroatoms. The van der Waals surface area contributed by atoms with Crippen LogP contribution in [0.25, 0.3) is 0 Å². The minimum Gasteiger partial charge on any atom is -0.211 e. The summed E-state index contributed by atoms with van der Waals surface area (Å²) in [7, 11) is -3.65. The summed E-state index contributed by atoms with van der Waals surface area (Å²) in [6, 6.07) is 6.09. The van der Waals surface area contributed by atoms with Gasteiger partial charge in [0.1, 0.15) is 4.90 Å². The molecule has 1 N–H and O–H groups in total. The largest absolute Gasteiger partial charge is 0.242 e. The first kappa shape index (κ1) is 16.0. The molecule has 104 valence electrons. The summed E-state index contributed by atoms with van der Waals surface area (Å²) >= 11 is 5.87. The topological polar surface area (TPSA) is 70.0 Å². The van der Waals surface area contributed by atoms with Crippen LogP contribution in [0.5, 0.6) is 0 Å². The lowest BCUT2D eigenvalue weighted by Gasteiger charge is -2.09. The lowest BCUT2D eigenvalue weighted by molar-refractivity contribution is 0.540. The average molecular weight is 301 g/mol. The first-order valence-corrected chi connectivity index (χ1v) is 7.92. The second kappa shape index (κ2) is 6.90. The number of benzene rings is 1.